The summed E-state index contributed by atoms with van der Waals surface area (Å²) in [5.74, 6) is 1.60. The maximum Gasteiger partial charge on any atom is 0.162 e. The average Bonchev–Trinajstić information content (AvgIpc) is 2.47. The molecule has 1 aliphatic rings. The van der Waals surface area contributed by atoms with Gasteiger partial charge in [0.15, 0.2) is 11.5 Å². The molecule has 0 aliphatic carbocycles. The van der Waals surface area contributed by atoms with Crippen LogP contribution in [0, 0.1) is 0 Å². The maximum absolute atomic E-state index is 5.59. The molecule has 0 atom stereocenters. The molecule has 1 aromatic carbocycles. The highest BCUT2D eigenvalue weighted by Crippen LogP contribution is 2.36. The van der Waals surface area contributed by atoms with Crippen LogP contribution < -0.4 is 15.2 Å². The zero-order chi connectivity index (χ0) is 13.1. The molecule has 2 N–H and O–H groups in total. The van der Waals surface area contributed by atoms with E-state index >= 15 is 0 Å². The van der Waals surface area contributed by atoms with E-state index in [-0.39, 0.29) is 0 Å². The molecule has 0 saturated heterocycles. The predicted octanol–water partition coefficient (Wildman–Crippen LogP) is 2.46. The number of hydrogen-bond donors (Lipinski definition) is 1. The molecule has 1 aromatic heterocycles. The molecule has 98 valence electrons. The molecule has 0 saturated carbocycles. The summed E-state index contributed by atoms with van der Waals surface area (Å²) >= 11 is 1.59. The normalized spacial score (nSPS) is 13.3. The number of nitrogens with zero attached hydrogens (tertiary/aromatic N) is 1. The van der Waals surface area contributed by atoms with Gasteiger partial charge in [0.2, 0.25) is 0 Å². The Hall–Kier alpha value is -1.72. The van der Waals surface area contributed by atoms with Crippen LogP contribution in [0.3, 0.4) is 0 Å². The lowest BCUT2D eigenvalue weighted by Gasteiger charge is -2.18. The lowest BCUT2D eigenvalue weighted by molar-refractivity contribution is 0.171. The van der Waals surface area contributed by atoms with E-state index in [1.165, 1.54) is 0 Å². The van der Waals surface area contributed by atoms with E-state index in [2.05, 4.69) is 4.98 Å². The van der Waals surface area contributed by atoms with Crippen molar-refractivity contribution in [1.29, 1.82) is 0 Å². The molecule has 2 aromatic rings. The third-order valence-electron chi connectivity index (χ3n) is 2.73. The van der Waals surface area contributed by atoms with Crippen molar-refractivity contribution in [2.24, 2.45) is 5.73 Å². The molecular weight excluding hydrogens is 260 g/mol. The van der Waals surface area contributed by atoms with E-state index in [1.54, 1.807) is 11.8 Å². The van der Waals surface area contributed by atoms with Gasteiger partial charge in [0.1, 0.15) is 18.2 Å². The molecule has 0 spiro atoms. The molecule has 3 rings (SSSR count). The van der Waals surface area contributed by atoms with Gasteiger partial charge in [-0.15, -0.1) is 0 Å². The second-order valence-corrected chi connectivity index (χ2v) is 5.17. The number of pyridine rings is 1. The highest BCUT2D eigenvalue weighted by Gasteiger charge is 2.12. The fourth-order valence-corrected chi connectivity index (χ4v) is 2.69. The Morgan fingerprint density at radius 3 is 2.79 bits per heavy atom. The van der Waals surface area contributed by atoms with Gasteiger partial charge < -0.3 is 15.2 Å². The molecule has 0 unspecified atom stereocenters. The topological polar surface area (TPSA) is 57.4 Å². The number of ether oxygens (including phenoxy) is 2. The van der Waals surface area contributed by atoms with Crippen LogP contribution >= 0.6 is 11.8 Å². The lowest BCUT2D eigenvalue weighted by atomic mass is 10.3. The number of benzene rings is 1. The van der Waals surface area contributed by atoms with Crippen LogP contribution in [0.2, 0.25) is 0 Å². The first kappa shape index (κ1) is 12.3. The zero-order valence-electron chi connectivity index (χ0n) is 10.3. The summed E-state index contributed by atoms with van der Waals surface area (Å²) < 4.78 is 11.1. The molecule has 0 bridgehead atoms. The van der Waals surface area contributed by atoms with Gasteiger partial charge in [0, 0.05) is 11.4 Å². The number of rotatable bonds is 3. The molecule has 19 heavy (non-hydrogen) atoms. The van der Waals surface area contributed by atoms with E-state index in [1.807, 2.05) is 36.4 Å². The van der Waals surface area contributed by atoms with E-state index in [0.717, 1.165) is 27.1 Å². The van der Waals surface area contributed by atoms with Gasteiger partial charge in [-0.05, 0) is 30.3 Å². The Morgan fingerprint density at radius 2 is 1.95 bits per heavy atom. The number of nitrogens with two attached hydrogens (primary N) is 1. The van der Waals surface area contributed by atoms with E-state index < -0.39 is 0 Å². The van der Waals surface area contributed by atoms with Crippen molar-refractivity contribution in [3.8, 4) is 11.5 Å². The highest BCUT2D eigenvalue weighted by molar-refractivity contribution is 7.99. The first-order chi connectivity index (χ1) is 9.35. The fraction of sp³-hybridized carbons (Fsp3) is 0.214. The van der Waals surface area contributed by atoms with Gasteiger partial charge in [-0.25, -0.2) is 4.98 Å². The van der Waals surface area contributed by atoms with E-state index in [9.17, 15) is 0 Å². The van der Waals surface area contributed by atoms with Crippen molar-refractivity contribution in [2.45, 2.75) is 16.5 Å². The first-order valence-corrected chi connectivity index (χ1v) is 6.90. The molecule has 0 fully saturated rings. The summed E-state index contributed by atoms with van der Waals surface area (Å²) in [6.07, 6.45) is 0. The largest absolute Gasteiger partial charge is 0.486 e. The van der Waals surface area contributed by atoms with Crippen molar-refractivity contribution in [1.82, 2.24) is 4.98 Å². The van der Waals surface area contributed by atoms with Gasteiger partial charge in [0.05, 0.1) is 5.69 Å². The maximum atomic E-state index is 5.59. The summed E-state index contributed by atoms with van der Waals surface area (Å²) in [7, 11) is 0. The van der Waals surface area contributed by atoms with Crippen molar-refractivity contribution in [3.63, 3.8) is 0 Å². The van der Waals surface area contributed by atoms with Crippen molar-refractivity contribution in [2.75, 3.05) is 13.2 Å². The second kappa shape index (κ2) is 5.50. The van der Waals surface area contributed by atoms with Gasteiger partial charge in [-0.1, -0.05) is 17.8 Å². The van der Waals surface area contributed by atoms with Crippen LogP contribution in [0.4, 0.5) is 0 Å². The molecule has 0 amide bonds. The Balaban J connectivity index is 1.82. The van der Waals surface area contributed by atoms with Crippen LogP contribution in [0.1, 0.15) is 5.69 Å². The van der Waals surface area contributed by atoms with Crippen LogP contribution in [0.5, 0.6) is 11.5 Å². The van der Waals surface area contributed by atoms with Crippen molar-refractivity contribution < 1.29 is 9.47 Å². The van der Waals surface area contributed by atoms with Crippen LogP contribution in [-0.4, -0.2) is 18.2 Å². The quantitative estimate of drug-likeness (QED) is 0.931. The minimum Gasteiger partial charge on any atom is -0.486 e. The minimum atomic E-state index is 0.454. The van der Waals surface area contributed by atoms with Gasteiger partial charge in [-0.3, -0.25) is 0 Å². The Kier molecular flexibility index (Phi) is 3.57. The molecule has 0 radical (unpaired) electrons. The minimum absolute atomic E-state index is 0.454. The monoisotopic (exact) mass is 274 g/mol. The summed E-state index contributed by atoms with van der Waals surface area (Å²) in [4.78, 5) is 5.54. The molecule has 2 heterocycles. The Bertz CT molecular complexity index is 589. The third-order valence-corrected chi connectivity index (χ3v) is 3.65. The summed E-state index contributed by atoms with van der Waals surface area (Å²) in [6, 6.07) is 11.8. The lowest BCUT2D eigenvalue weighted by Crippen LogP contribution is -2.15. The average molecular weight is 274 g/mol. The Labute approximate surface area is 115 Å². The van der Waals surface area contributed by atoms with Gasteiger partial charge in [-0.2, -0.15) is 0 Å². The van der Waals surface area contributed by atoms with E-state index in [0.29, 0.717) is 19.8 Å². The molecular formula is C14H14N2O2S. The third kappa shape index (κ3) is 2.83. The number of aromatic nitrogens is 1. The summed E-state index contributed by atoms with van der Waals surface area (Å²) in [6.45, 7) is 1.66. The molecule has 5 heteroatoms. The Morgan fingerprint density at radius 1 is 1.11 bits per heavy atom. The predicted molar refractivity (Wildman–Crippen MR) is 73.7 cm³/mol. The van der Waals surface area contributed by atoms with Gasteiger partial charge >= 0.3 is 0 Å². The van der Waals surface area contributed by atoms with Gasteiger partial charge in [0.25, 0.3) is 0 Å². The second-order valence-electron chi connectivity index (χ2n) is 4.08. The standard InChI is InChI=1S/C14H14N2O2S/c15-9-10-2-1-3-14(16-10)19-11-4-5-12-13(8-11)18-7-6-17-12/h1-5,8H,6-7,9,15H2. The fourth-order valence-electron chi connectivity index (χ4n) is 1.84. The number of fused-ring (bicyclic) bond motifs is 1. The molecule has 1 aliphatic heterocycles. The van der Waals surface area contributed by atoms with Crippen molar-refractivity contribution in [3.05, 3.63) is 42.1 Å². The van der Waals surface area contributed by atoms with Crippen LogP contribution in [-0.2, 0) is 6.54 Å². The summed E-state index contributed by atoms with van der Waals surface area (Å²) in [5, 5.41) is 0.930. The first-order valence-electron chi connectivity index (χ1n) is 6.08. The SMILES string of the molecule is NCc1cccc(Sc2ccc3c(c2)OCCO3)n1. The molecule has 4 nitrogen and oxygen atoms in total. The van der Waals surface area contributed by atoms with Crippen molar-refractivity contribution >= 4 is 11.8 Å². The van der Waals surface area contributed by atoms with E-state index in [4.69, 9.17) is 15.2 Å². The summed E-state index contributed by atoms with van der Waals surface area (Å²) in [5.41, 5.74) is 6.49. The van der Waals surface area contributed by atoms with Crippen LogP contribution in [0.15, 0.2) is 46.3 Å². The smallest absolute Gasteiger partial charge is 0.162 e. The zero-order valence-corrected chi connectivity index (χ0v) is 11.2. The number of hydrogen-bond acceptors (Lipinski definition) is 5. The van der Waals surface area contributed by atoms with Crippen LogP contribution in [0.25, 0.3) is 0 Å². The highest BCUT2D eigenvalue weighted by atomic mass is 32.2.